The van der Waals surface area contributed by atoms with Crippen molar-refractivity contribution in [2.45, 2.75) is 43.1 Å². The summed E-state index contributed by atoms with van der Waals surface area (Å²) in [4.78, 5) is 27.6. The number of amides is 2. The Morgan fingerprint density at radius 2 is 2.05 bits per heavy atom. The van der Waals surface area contributed by atoms with Crippen molar-refractivity contribution in [1.29, 1.82) is 0 Å². The molecule has 0 aromatic carbocycles. The molecule has 2 amide bonds. The number of aliphatic carboxylic acids is 1. The Morgan fingerprint density at radius 1 is 1.33 bits per heavy atom. The van der Waals surface area contributed by atoms with Gasteiger partial charge in [0.1, 0.15) is 6.04 Å². The van der Waals surface area contributed by atoms with Crippen LogP contribution in [-0.4, -0.2) is 70.3 Å². The fraction of sp³-hybridized carbons (Fsp3) is 0.857. The van der Waals surface area contributed by atoms with Gasteiger partial charge in [0.15, 0.2) is 0 Å². The van der Waals surface area contributed by atoms with Gasteiger partial charge in [-0.1, -0.05) is 0 Å². The maximum Gasteiger partial charge on any atom is 0.327 e. The highest BCUT2D eigenvalue weighted by atomic mass is 32.2. The molecule has 1 saturated heterocycles. The van der Waals surface area contributed by atoms with Crippen molar-refractivity contribution in [2.24, 2.45) is 5.92 Å². The number of carboxylic acid groups (broad SMARTS) is 1. The smallest absolute Gasteiger partial charge is 0.327 e. The van der Waals surface area contributed by atoms with Gasteiger partial charge in [-0.15, -0.1) is 11.8 Å². The summed E-state index contributed by atoms with van der Waals surface area (Å²) < 4.78 is 0. The van der Waals surface area contributed by atoms with Crippen LogP contribution in [0.25, 0.3) is 0 Å². The molecule has 0 spiro atoms. The summed E-state index contributed by atoms with van der Waals surface area (Å²) in [5.74, 6) is 0.0986. The van der Waals surface area contributed by atoms with Crippen LogP contribution in [0.5, 0.6) is 0 Å². The second-order valence-corrected chi connectivity index (χ2v) is 7.42. The fourth-order valence-electron chi connectivity index (χ4n) is 2.85. The van der Waals surface area contributed by atoms with E-state index in [1.54, 1.807) is 16.7 Å². The van der Waals surface area contributed by atoms with Crippen molar-refractivity contribution in [3.05, 3.63) is 0 Å². The normalized spacial score (nSPS) is 29.0. The summed E-state index contributed by atoms with van der Waals surface area (Å²) in [6, 6.07) is -0.217. The Hall–Kier alpha value is -0.950. The SMILES string of the molecule is CN(CCNC(=O)N1C(C(=O)O)CSC1C1CC1)C1CC1. The minimum atomic E-state index is -0.893. The molecule has 6 nitrogen and oxygen atoms in total. The molecule has 21 heavy (non-hydrogen) atoms. The second-order valence-electron chi connectivity index (χ2n) is 6.27. The molecular formula is C14H23N3O3S. The number of hydrogen-bond acceptors (Lipinski definition) is 4. The zero-order chi connectivity index (χ0) is 15.0. The van der Waals surface area contributed by atoms with Crippen molar-refractivity contribution in [2.75, 3.05) is 25.9 Å². The standard InChI is InChI=1S/C14H23N3O3S/c1-16(10-4-5-10)7-6-15-14(20)17-11(13(18)19)8-21-12(17)9-2-3-9/h9-12H,2-8H2,1H3,(H,15,20)(H,18,19). The number of thioether (sulfide) groups is 1. The summed E-state index contributed by atoms with van der Waals surface area (Å²) in [6.07, 6.45) is 4.71. The van der Waals surface area contributed by atoms with Crippen LogP contribution in [0.1, 0.15) is 25.7 Å². The molecule has 2 aliphatic carbocycles. The molecule has 3 fully saturated rings. The first-order valence-corrected chi connectivity index (χ1v) is 8.73. The molecule has 0 radical (unpaired) electrons. The number of rotatable bonds is 6. The van der Waals surface area contributed by atoms with E-state index in [9.17, 15) is 14.7 Å². The zero-order valence-electron chi connectivity index (χ0n) is 12.3. The first-order valence-electron chi connectivity index (χ1n) is 7.68. The Kier molecular flexibility index (Phi) is 4.31. The highest BCUT2D eigenvalue weighted by molar-refractivity contribution is 8.00. The number of carbonyl (C=O) groups excluding carboxylic acids is 1. The average molecular weight is 313 g/mol. The van der Waals surface area contributed by atoms with Gasteiger partial charge in [-0.05, 0) is 38.6 Å². The third kappa shape index (κ3) is 3.45. The van der Waals surface area contributed by atoms with Crippen LogP contribution in [0.2, 0.25) is 0 Å². The van der Waals surface area contributed by atoms with E-state index in [-0.39, 0.29) is 11.4 Å². The Bertz CT molecular complexity index is 426. The minimum absolute atomic E-state index is 0.0484. The van der Waals surface area contributed by atoms with Gasteiger partial charge in [0.2, 0.25) is 0 Å². The van der Waals surface area contributed by atoms with E-state index in [2.05, 4.69) is 17.3 Å². The lowest BCUT2D eigenvalue weighted by Gasteiger charge is -2.28. The number of carboxylic acids is 1. The predicted octanol–water partition coefficient (Wildman–Crippen LogP) is 1.03. The highest BCUT2D eigenvalue weighted by Crippen LogP contribution is 2.45. The van der Waals surface area contributed by atoms with Gasteiger partial charge < -0.3 is 15.3 Å². The number of nitrogens with zero attached hydrogens (tertiary/aromatic N) is 2. The van der Waals surface area contributed by atoms with E-state index in [0.717, 1.165) is 19.4 Å². The maximum atomic E-state index is 12.4. The number of carbonyl (C=O) groups is 2. The average Bonchev–Trinajstić information content (AvgIpc) is 3.34. The first-order chi connectivity index (χ1) is 10.1. The van der Waals surface area contributed by atoms with E-state index in [1.807, 2.05) is 0 Å². The van der Waals surface area contributed by atoms with Crippen molar-refractivity contribution in [3.63, 3.8) is 0 Å². The third-order valence-electron chi connectivity index (χ3n) is 4.49. The lowest BCUT2D eigenvalue weighted by molar-refractivity contribution is -0.141. The van der Waals surface area contributed by atoms with Crippen LogP contribution < -0.4 is 5.32 Å². The van der Waals surface area contributed by atoms with Gasteiger partial charge in [0.25, 0.3) is 0 Å². The van der Waals surface area contributed by atoms with Gasteiger partial charge in [-0.25, -0.2) is 9.59 Å². The first kappa shape index (κ1) is 15.0. The Morgan fingerprint density at radius 3 is 2.62 bits per heavy atom. The van der Waals surface area contributed by atoms with E-state index < -0.39 is 12.0 Å². The third-order valence-corrected chi connectivity index (χ3v) is 5.95. The summed E-state index contributed by atoms with van der Waals surface area (Å²) in [5.41, 5.74) is 0. The molecule has 7 heteroatoms. The Labute approximate surface area is 129 Å². The van der Waals surface area contributed by atoms with E-state index in [1.165, 1.54) is 12.8 Å². The maximum absolute atomic E-state index is 12.4. The second kappa shape index (κ2) is 6.04. The van der Waals surface area contributed by atoms with Crippen molar-refractivity contribution < 1.29 is 14.7 Å². The Balaban J connectivity index is 1.53. The molecule has 0 aromatic rings. The van der Waals surface area contributed by atoms with Gasteiger partial charge in [-0.3, -0.25) is 4.90 Å². The number of nitrogens with one attached hydrogen (secondary N) is 1. The van der Waals surface area contributed by atoms with E-state index in [4.69, 9.17) is 0 Å². The summed E-state index contributed by atoms with van der Waals surface area (Å²) in [5, 5.41) is 12.3. The molecular weight excluding hydrogens is 290 g/mol. The lowest BCUT2D eigenvalue weighted by atomic mass is 10.2. The molecule has 0 aromatic heterocycles. The number of urea groups is 1. The molecule has 2 saturated carbocycles. The fourth-order valence-corrected chi connectivity index (χ4v) is 4.48. The summed E-state index contributed by atoms with van der Waals surface area (Å²) in [6.45, 7) is 1.40. The number of hydrogen-bond donors (Lipinski definition) is 2. The van der Waals surface area contributed by atoms with Crippen molar-refractivity contribution in [3.8, 4) is 0 Å². The van der Waals surface area contributed by atoms with Crippen molar-refractivity contribution >= 4 is 23.8 Å². The highest BCUT2D eigenvalue weighted by Gasteiger charge is 2.48. The molecule has 3 aliphatic rings. The molecule has 1 heterocycles. The van der Waals surface area contributed by atoms with Crippen LogP contribution in [0.15, 0.2) is 0 Å². The molecule has 3 rings (SSSR count). The summed E-state index contributed by atoms with van der Waals surface area (Å²) >= 11 is 1.61. The van der Waals surface area contributed by atoms with Gasteiger partial charge in [0, 0.05) is 24.9 Å². The van der Waals surface area contributed by atoms with Gasteiger partial charge in [-0.2, -0.15) is 0 Å². The van der Waals surface area contributed by atoms with Gasteiger partial charge in [0.05, 0.1) is 5.37 Å². The molecule has 2 N–H and O–H groups in total. The molecule has 2 unspecified atom stereocenters. The van der Waals surface area contributed by atoms with Gasteiger partial charge >= 0.3 is 12.0 Å². The summed E-state index contributed by atoms with van der Waals surface area (Å²) in [7, 11) is 2.07. The van der Waals surface area contributed by atoms with Crippen LogP contribution in [0.3, 0.4) is 0 Å². The van der Waals surface area contributed by atoms with Crippen LogP contribution >= 0.6 is 11.8 Å². The molecule has 1 aliphatic heterocycles. The predicted molar refractivity (Wildman–Crippen MR) is 81.3 cm³/mol. The van der Waals surface area contributed by atoms with E-state index >= 15 is 0 Å². The minimum Gasteiger partial charge on any atom is -0.480 e. The van der Waals surface area contributed by atoms with Crippen LogP contribution in [-0.2, 0) is 4.79 Å². The number of likely N-dealkylation sites (N-methyl/N-ethyl adjacent to an activating group) is 1. The monoisotopic (exact) mass is 313 g/mol. The zero-order valence-corrected chi connectivity index (χ0v) is 13.1. The van der Waals surface area contributed by atoms with Crippen LogP contribution in [0, 0.1) is 5.92 Å². The quantitative estimate of drug-likeness (QED) is 0.766. The van der Waals surface area contributed by atoms with Crippen molar-refractivity contribution in [1.82, 2.24) is 15.1 Å². The van der Waals surface area contributed by atoms with Crippen LogP contribution in [0.4, 0.5) is 4.79 Å². The lowest BCUT2D eigenvalue weighted by Crippen LogP contribution is -2.51. The molecule has 0 bridgehead atoms. The molecule has 2 atom stereocenters. The van der Waals surface area contributed by atoms with E-state index in [0.29, 0.717) is 24.3 Å². The topological polar surface area (TPSA) is 72.9 Å². The molecule has 118 valence electrons. The largest absolute Gasteiger partial charge is 0.480 e.